The molecule has 0 radical (unpaired) electrons. The zero-order valence-corrected chi connectivity index (χ0v) is 18.8. The Bertz CT molecular complexity index is 1290. The zero-order valence-electron chi connectivity index (χ0n) is 16.5. The number of amides is 1. The van der Waals surface area contributed by atoms with Crippen molar-refractivity contribution in [3.63, 3.8) is 0 Å². The summed E-state index contributed by atoms with van der Waals surface area (Å²) in [6.45, 7) is 2.28. The molecule has 162 valence electrons. The van der Waals surface area contributed by atoms with Gasteiger partial charge in [-0.05, 0) is 49.0 Å². The Morgan fingerprint density at radius 1 is 1.28 bits per heavy atom. The van der Waals surface area contributed by atoms with Crippen molar-refractivity contribution in [2.45, 2.75) is 6.92 Å². The highest BCUT2D eigenvalue weighted by atomic mass is 35.5. The van der Waals surface area contributed by atoms with Crippen LogP contribution in [-0.2, 0) is 4.79 Å². The van der Waals surface area contributed by atoms with Gasteiger partial charge in [0.1, 0.15) is 17.2 Å². The smallest absolute Gasteiger partial charge is 0.270 e. The maximum atomic E-state index is 12.8. The van der Waals surface area contributed by atoms with Crippen molar-refractivity contribution in [3.8, 4) is 11.3 Å². The molecule has 0 bridgehead atoms. The third-order valence-corrected chi connectivity index (χ3v) is 6.10. The summed E-state index contributed by atoms with van der Waals surface area (Å²) in [4.78, 5) is 33.7. The number of rotatable bonds is 5. The second-order valence-electron chi connectivity index (χ2n) is 6.49. The molecule has 1 aromatic carbocycles. The number of aliphatic imine (C=N–C) groups is 1. The largest absolute Gasteiger partial charge is 0.457 e. The van der Waals surface area contributed by atoms with E-state index < -0.39 is 4.92 Å². The van der Waals surface area contributed by atoms with Gasteiger partial charge in [0.15, 0.2) is 10.3 Å². The van der Waals surface area contributed by atoms with Crippen molar-refractivity contribution < 1.29 is 14.1 Å². The van der Waals surface area contributed by atoms with E-state index in [9.17, 15) is 14.9 Å². The molecule has 4 rings (SSSR count). The molecule has 1 amide bonds. The van der Waals surface area contributed by atoms with Crippen LogP contribution in [0.5, 0.6) is 0 Å². The van der Waals surface area contributed by atoms with Crippen LogP contribution in [0.4, 0.5) is 11.4 Å². The van der Waals surface area contributed by atoms with E-state index in [0.29, 0.717) is 39.4 Å². The number of thioether (sulfide) groups is 1. The first-order chi connectivity index (χ1) is 15.4. The number of carbonyl (C=O) groups excluding carboxylic acids is 1. The number of carbonyl (C=O) groups is 1. The number of nitro benzene ring substituents is 1. The van der Waals surface area contributed by atoms with E-state index in [-0.39, 0.29) is 21.8 Å². The SMILES string of the molecule is CCN1C(=O)/C(=C\c2ccc(-c3ccc([N+](=O)[O-])cc3Cl)o2)SC1=Nc1cccnc1Cl. The second kappa shape index (κ2) is 9.15. The van der Waals surface area contributed by atoms with Crippen LogP contribution in [0, 0.1) is 10.1 Å². The average Bonchev–Trinajstić information content (AvgIpc) is 3.34. The van der Waals surface area contributed by atoms with Crippen LogP contribution in [0.2, 0.25) is 10.2 Å². The number of nitrogens with zero attached hydrogens (tertiary/aromatic N) is 4. The molecule has 0 unspecified atom stereocenters. The van der Waals surface area contributed by atoms with Gasteiger partial charge in [-0.3, -0.25) is 19.8 Å². The van der Waals surface area contributed by atoms with Crippen LogP contribution in [0.15, 0.2) is 63.0 Å². The summed E-state index contributed by atoms with van der Waals surface area (Å²) in [5, 5.41) is 11.8. The lowest BCUT2D eigenvalue weighted by Gasteiger charge is -2.12. The summed E-state index contributed by atoms with van der Waals surface area (Å²) < 4.78 is 5.82. The van der Waals surface area contributed by atoms with E-state index in [1.54, 1.807) is 36.5 Å². The topological polar surface area (TPSA) is 102 Å². The van der Waals surface area contributed by atoms with Crippen molar-refractivity contribution >= 4 is 63.5 Å². The molecule has 1 aliphatic rings. The molecule has 3 heterocycles. The number of hydrogen-bond acceptors (Lipinski definition) is 7. The van der Waals surface area contributed by atoms with Gasteiger partial charge in [-0.15, -0.1) is 0 Å². The number of hydrogen-bond donors (Lipinski definition) is 0. The summed E-state index contributed by atoms with van der Waals surface area (Å²) in [7, 11) is 0. The summed E-state index contributed by atoms with van der Waals surface area (Å²) in [5.41, 5.74) is 0.869. The number of pyridine rings is 1. The fourth-order valence-electron chi connectivity index (χ4n) is 2.96. The maximum Gasteiger partial charge on any atom is 0.270 e. The van der Waals surface area contributed by atoms with E-state index in [4.69, 9.17) is 27.6 Å². The predicted molar refractivity (Wildman–Crippen MR) is 125 cm³/mol. The standard InChI is InChI=1S/C21H14Cl2N4O4S/c1-2-26-20(28)18(32-21(26)25-16-4-3-9-24-19(16)23)11-13-6-8-17(31-13)14-7-5-12(27(29)30)10-15(14)22/h3-11H,2H2,1H3/b18-11+,25-21?. The summed E-state index contributed by atoms with van der Waals surface area (Å²) in [6.07, 6.45) is 3.18. The van der Waals surface area contributed by atoms with Crippen LogP contribution < -0.4 is 0 Å². The second-order valence-corrected chi connectivity index (χ2v) is 8.27. The Morgan fingerprint density at radius 2 is 2.09 bits per heavy atom. The Kier molecular flexibility index (Phi) is 6.31. The Morgan fingerprint density at radius 3 is 2.78 bits per heavy atom. The Balaban J connectivity index is 1.62. The van der Waals surface area contributed by atoms with Crippen LogP contribution in [0.25, 0.3) is 17.4 Å². The summed E-state index contributed by atoms with van der Waals surface area (Å²) >= 11 is 13.5. The normalized spacial score (nSPS) is 16.3. The fourth-order valence-corrected chi connectivity index (χ4v) is 4.42. The van der Waals surface area contributed by atoms with Crippen LogP contribution in [0.1, 0.15) is 12.7 Å². The number of amidine groups is 1. The first kappa shape index (κ1) is 22.1. The van der Waals surface area contributed by atoms with Crippen molar-refractivity contribution in [2.75, 3.05) is 6.54 Å². The molecule has 2 aromatic heterocycles. The molecule has 11 heteroatoms. The predicted octanol–water partition coefficient (Wildman–Crippen LogP) is 6.18. The first-order valence-corrected chi connectivity index (χ1v) is 10.9. The van der Waals surface area contributed by atoms with Gasteiger partial charge in [-0.25, -0.2) is 9.98 Å². The van der Waals surface area contributed by atoms with Gasteiger partial charge in [0.05, 0.1) is 14.9 Å². The highest BCUT2D eigenvalue weighted by Crippen LogP contribution is 2.37. The van der Waals surface area contributed by atoms with E-state index in [1.807, 2.05) is 6.92 Å². The molecule has 3 aromatic rings. The minimum atomic E-state index is -0.520. The van der Waals surface area contributed by atoms with Gasteiger partial charge < -0.3 is 4.42 Å². The monoisotopic (exact) mass is 488 g/mol. The third-order valence-electron chi connectivity index (χ3n) is 4.49. The minimum Gasteiger partial charge on any atom is -0.457 e. The molecule has 8 nitrogen and oxygen atoms in total. The van der Waals surface area contributed by atoms with Crippen LogP contribution in [0.3, 0.4) is 0 Å². The molecule has 0 saturated carbocycles. The number of nitro groups is 1. The molecule has 32 heavy (non-hydrogen) atoms. The number of aromatic nitrogens is 1. The number of benzene rings is 1. The average molecular weight is 489 g/mol. The molecule has 0 aliphatic carbocycles. The lowest BCUT2D eigenvalue weighted by Crippen LogP contribution is -2.28. The van der Waals surface area contributed by atoms with Gasteiger partial charge in [0.25, 0.3) is 11.6 Å². The highest BCUT2D eigenvalue weighted by molar-refractivity contribution is 8.18. The van der Waals surface area contributed by atoms with E-state index >= 15 is 0 Å². The molecular formula is C21H14Cl2N4O4S. The van der Waals surface area contributed by atoms with Gasteiger partial charge in [0.2, 0.25) is 0 Å². The third kappa shape index (κ3) is 4.40. The van der Waals surface area contributed by atoms with Gasteiger partial charge in [0, 0.05) is 36.5 Å². The zero-order chi connectivity index (χ0) is 22.8. The van der Waals surface area contributed by atoms with Crippen molar-refractivity contribution in [3.05, 3.63) is 79.6 Å². The highest BCUT2D eigenvalue weighted by Gasteiger charge is 2.32. The molecule has 0 N–H and O–H groups in total. The van der Waals surface area contributed by atoms with Crippen molar-refractivity contribution in [1.29, 1.82) is 0 Å². The fraction of sp³-hybridized carbons (Fsp3) is 0.0952. The van der Waals surface area contributed by atoms with Gasteiger partial charge in [-0.1, -0.05) is 23.2 Å². The van der Waals surface area contributed by atoms with E-state index in [1.165, 1.54) is 34.9 Å². The van der Waals surface area contributed by atoms with E-state index in [2.05, 4.69) is 9.98 Å². The Hall–Kier alpha value is -3.14. The number of likely N-dealkylation sites (N-methyl/N-ethyl adjacent to an activating group) is 1. The van der Waals surface area contributed by atoms with Crippen molar-refractivity contribution in [1.82, 2.24) is 9.88 Å². The number of non-ortho nitro benzene ring substituents is 1. The van der Waals surface area contributed by atoms with Gasteiger partial charge >= 0.3 is 0 Å². The Labute approximate surface area is 196 Å². The quantitative estimate of drug-likeness (QED) is 0.184. The van der Waals surface area contributed by atoms with E-state index in [0.717, 1.165) is 0 Å². The lowest BCUT2D eigenvalue weighted by molar-refractivity contribution is -0.384. The molecule has 0 atom stereocenters. The van der Waals surface area contributed by atoms with Gasteiger partial charge in [-0.2, -0.15) is 0 Å². The molecule has 1 fully saturated rings. The maximum absolute atomic E-state index is 12.8. The van der Waals surface area contributed by atoms with Crippen LogP contribution >= 0.6 is 35.0 Å². The lowest BCUT2D eigenvalue weighted by atomic mass is 10.1. The van der Waals surface area contributed by atoms with Crippen LogP contribution in [-0.4, -0.2) is 32.4 Å². The summed E-state index contributed by atoms with van der Waals surface area (Å²) in [6, 6.07) is 10.9. The minimum absolute atomic E-state index is 0.110. The molecule has 1 aliphatic heterocycles. The van der Waals surface area contributed by atoms with Crippen molar-refractivity contribution in [2.24, 2.45) is 4.99 Å². The number of furan rings is 1. The molecule has 0 spiro atoms. The molecular weight excluding hydrogens is 475 g/mol. The molecule has 1 saturated heterocycles. The number of halogens is 2. The first-order valence-electron chi connectivity index (χ1n) is 9.32. The summed E-state index contributed by atoms with van der Waals surface area (Å²) in [5.74, 6) is 0.653.